The van der Waals surface area contributed by atoms with Gasteiger partial charge in [-0.3, -0.25) is 4.57 Å². The fourth-order valence-electron chi connectivity index (χ4n) is 1.38. The lowest BCUT2D eigenvalue weighted by atomic mass is 10.3. The van der Waals surface area contributed by atoms with Gasteiger partial charge in [0.05, 0.1) is 0 Å². The van der Waals surface area contributed by atoms with Crippen molar-refractivity contribution in [2.75, 3.05) is 0 Å². The van der Waals surface area contributed by atoms with Crippen LogP contribution in [0.15, 0.2) is 35.5 Å². The summed E-state index contributed by atoms with van der Waals surface area (Å²) in [5.41, 5.74) is 0.657. The Morgan fingerprint density at radius 1 is 1.19 bits per heavy atom. The number of para-hydroxylation sites is 1. The van der Waals surface area contributed by atoms with E-state index >= 15 is 0 Å². The molecule has 84 valence electrons. The molecular formula is C9H8ClN3O2S. The Morgan fingerprint density at radius 2 is 1.81 bits per heavy atom. The first-order valence-electron chi connectivity index (χ1n) is 4.42. The molecule has 5 nitrogen and oxygen atoms in total. The molecule has 0 aliphatic carbocycles. The predicted octanol–water partition coefficient (Wildman–Crippen LogP) is 1.50. The van der Waals surface area contributed by atoms with E-state index in [1.54, 1.807) is 31.2 Å². The average Bonchev–Trinajstić information content (AvgIpc) is 2.61. The van der Waals surface area contributed by atoms with Crippen LogP contribution in [-0.2, 0) is 9.05 Å². The maximum absolute atomic E-state index is 11.3. The van der Waals surface area contributed by atoms with Gasteiger partial charge in [0.25, 0.3) is 14.2 Å². The highest BCUT2D eigenvalue weighted by molar-refractivity contribution is 8.13. The Kier molecular flexibility index (Phi) is 2.69. The molecule has 2 aromatic rings. The van der Waals surface area contributed by atoms with Crippen LogP contribution < -0.4 is 0 Å². The average molecular weight is 258 g/mol. The number of hydrogen-bond donors (Lipinski definition) is 0. The lowest BCUT2D eigenvalue weighted by Crippen LogP contribution is -2.05. The van der Waals surface area contributed by atoms with Gasteiger partial charge in [-0.25, -0.2) is 8.42 Å². The first-order valence-corrected chi connectivity index (χ1v) is 6.73. The van der Waals surface area contributed by atoms with Crippen molar-refractivity contribution in [1.29, 1.82) is 0 Å². The zero-order valence-corrected chi connectivity index (χ0v) is 9.90. The van der Waals surface area contributed by atoms with Crippen molar-refractivity contribution in [1.82, 2.24) is 14.8 Å². The highest BCUT2D eigenvalue weighted by Crippen LogP contribution is 2.18. The van der Waals surface area contributed by atoms with Gasteiger partial charge in [-0.1, -0.05) is 18.2 Å². The van der Waals surface area contributed by atoms with Gasteiger partial charge in [-0.05, 0) is 19.1 Å². The second-order valence-electron chi connectivity index (χ2n) is 3.14. The molecule has 0 atom stereocenters. The molecule has 1 heterocycles. The summed E-state index contributed by atoms with van der Waals surface area (Å²) < 4.78 is 24.0. The number of rotatable bonds is 2. The van der Waals surface area contributed by atoms with E-state index in [0.717, 1.165) is 0 Å². The van der Waals surface area contributed by atoms with Crippen molar-refractivity contribution in [3.8, 4) is 5.69 Å². The molecule has 1 aromatic heterocycles. The lowest BCUT2D eigenvalue weighted by Gasteiger charge is -2.05. The predicted molar refractivity (Wildman–Crippen MR) is 59.1 cm³/mol. The van der Waals surface area contributed by atoms with Crippen molar-refractivity contribution < 1.29 is 8.42 Å². The SMILES string of the molecule is Cc1nnc(S(=O)(=O)Cl)n1-c1ccccc1. The van der Waals surface area contributed by atoms with Crippen molar-refractivity contribution in [2.24, 2.45) is 0 Å². The Bertz CT molecular complexity index is 607. The number of hydrogen-bond acceptors (Lipinski definition) is 4. The molecule has 7 heteroatoms. The van der Waals surface area contributed by atoms with Crippen LogP contribution in [0.2, 0.25) is 0 Å². The third kappa shape index (κ3) is 1.94. The third-order valence-corrected chi connectivity index (χ3v) is 3.14. The van der Waals surface area contributed by atoms with Crippen LogP contribution in [0.5, 0.6) is 0 Å². The molecule has 0 spiro atoms. The van der Waals surface area contributed by atoms with Gasteiger partial charge in [0.2, 0.25) is 0 Å². The van der Waals surface area contributed by atoms with Gasteiger partial charge in [0, 0.05) is 16.4 Å². The molecule has 0 saturated carbocycles. The molecular weight excluding hydrogens is 250 g/mol. The molecule has 0 aliphatic rings. The lowest BCUT2D eigenvalue weighted by molar-refractivity contribution is 0.597. The summed E-state index contributed by atoms with van der Waals surface area (Å²) in [4.78, 5) is 0. The van der Waals surface area contributed by atoms with E-state index in [0.29, 0.717) is 11.5 Å². The van der Waals surface area contributed by atoms with Crippen LogP contribution in [0, 0.1) is 6.92 Å². The van der Waals surface area contributed by atoms with Crippen molar-refractivity contribution in [2.45, 2.75) is 12.1 Å². The van der Waals surface area contributed by atoms with E-state index in [4.69, 9.17) is 10.7 Å². The first-order chi connectivity index (χ1) is 7.50. The van der Waals surface area contributed by atoms with Gasteiger partial charge >= 0.3 is 0 Å². The molecule has 0 amide bonds. The molecule has 0 bridgehead atoms. The minimum absolute atomic E-state index is 0.266. The van der Waals surface area contributed by atoms with Crippen LogP contribution in [0.1, 0.15) is 5.82 Å². The van der Waals surface area contributed by atoms with Crippen molar-refractivity contribution in [3.63, 3.8) is 0 Å². The van der Waals surface area contributed by atoms with E-state index < -0.39 is 9.05 Å². The quantitative estimate of drug-likeness (QED) is 0.765. The molecule has 0 unspecified atom stereocenters. The minimum atomic E-state index is -3.90. The van der Waals surface area contributed by atoms with Crippen LogP contribution in [0.4, 0.5) is 0 Å². The topological polar surface area (TPSA) is 64.8 Å². The second-order valence-corrected chi connectivity index (χ2v) is 5.60. The molecule has 0 N–H and O–H groups in total. The summed E-state index contributed by atoms with van der Waals surface area (Å²) in [5, 5.41) is 7.00. The van der Waals surface area contributed by atoms with Gasteiger partial charge in [0.15, 0.2) is 0 Å². The summed E-state index contributed by atoms with van der Waals surface area (Å²) in [6, 6.07) is 8.92. The van der Waals surface area contributed by atoms with Crippen LogP contribution in [0.3, 0.4) is 0 Å². The van der Waals surface area contributed by atoms with E-state index in [-0.39, 0.29) is 5.16 Å². The molecule has 1 aromatic carbocycles. The summed E-state index contributed by atoms with van der Waals surface area (Å²) in [5.74, 6) is 0.463. The Balaban J connectivity index is 2.71. The third-order valence-electron chi connectivity index (χ3n) is 2.03. The van der Waals surface area contributed by atoms with Gasteiger partial charge in [-0.2, -0.15) is 0 Å². The molecule has 2 rings (SSSR count). The zero-order valence-electron chi connectivity index (χ0n) is 8.33. The Labute approximate surface area is 97.1 Å². The van der Waals surface area contributed by atoms with Gasteiger partial charge < -0.3 is 0 Å². The normalized spacial score (nSPS) is 11.6. The molecule has 0 aliphatic heterocycles. The summed E-state index contributed by atoms with van der Waals surface area (Å²) in [7, 11) is 1.38. The summed E-state index contributed by atoms with van der Waals surface area (Å²) in [6.45, 7) is 1.66. The van der Waals surface area contributed by atoms with E-state index in [9.17, 15) is 8.42 Å². The maximum Gasteiger partial charge on any atom is 0.297 e. The van der Waals surface area contributed by atoms with Crippen molar-refractivity contribution >= 4 is 19.7 Å². The number of benzene rings is 1. The van der Waals surface area contributed by atoms with Gasteiger partial charge in [0.1, 0.15) is 5.82 Å². The van der Waals surface area contributed by atoms with Crippen LogP contribution >= 0.6 is 10.7 Å². The first kappa shape index (κ1) is 11.1. The summed E-state index contributed by atoms with van der Waals surface area (Å²) in [6.07, 6.45) is 0. The molecule has 16 heavy (non-hydrogen) atoms. The Morgan fingerprint density at radius 3 is 2.38 bits per heavy atom. The van der Waals surface area contributed by atoms with Crippen LogP contribution in [-0.4, -0.2) is 23.2 Å². The fraction of sp³-hybridized carbons (Fsp3) is 0.111. The van der Waals surface area contributed by atoms with Crippen molar-refractivity contribution in [3.05, 3.63) is 36.2 Å². The smallest absolute Gasteiger partial charge is 0.269 e. The Hall–Kier alpha value is -1.40. The number of aromatic nitrogens is 3. The molecule has 0 saturated heterocycles. The number of aryl methyl sites for hydroxylation is 1. The van der Waals surface area contributed by atoms with Gasteiger partial charge in [-0.15, -0.1) is 10.2 Å². The highest BCUT2D eigenvalue weighted by atomic mass is 35.7. The number of nitrogens with zero attached hydrogens (tertiary/aromatic N) is 3. The van der Waals surface area contributed by atoms with Crippen LogP contribution in [0.25, 0.3) is 5.69 Å². The zero-order chi connectivity index (χ0) is 11.8. The van der Waals surface area contributed by atoms with E-state index in [2.05, 4.69) is 10.2 Å². The highest BCUT2D eigenvalue weighted by Gasteiger charge is 2.21. The standard InChI is InChI=1S/C9H8ClN3O2S/c1-7-11-12-9(16(10,14)15)13(7)8-5-3-2-4-6-8/h2-6H,1H3. The number of halogens is 1. The monoisotopic (exact) mass is 257 g/mol. The minimum Gasteiger partial charge on any atom is -0.269 e. The maximum atomic E-state index is 11.3. The van der Waals surface area contributed by atoms with E-state index in [1.807, 2.05) is 6.07 Å². The molecule has 0 radical (unpaired) electrons. The fourth-order valence-corrected chi connectivity index (χ4v) is 2.27. The molecule has 0 fully saturated rings. The summed E-state index contributed by atoms with van der Waals surface area (Å²) >= 11 is 0. The largest absolute Gasteiger partial charge is 0.297 e. The second kappa shape index (κ2) is 3.88. The van der Waals surface area contributed by atoms with E-state index in [1.165, 1.54) is 4.57 Å².